The Balaban J connectivity index is 1.38. The van der Waals surface area contributed by atoms with Gasteiger partial charge >= 0.3 is 6.03 Å². The molecule has 0 saturated carbocycles. The van der Waals surface area contributed by atoms with Gasteiger partial charge in [-0.3, -0.25) is 4.79 Å². The first kappa shape index (κ1) is 22.7. The van der Waals surface area contributed by atoms with Gasteiger partial charge in [-0.15, -0.1) is 10.2 Å². The number of nitrogens with zero attached hydrogens (tertiary/aromatic N) is 3. The van der Waals surface area contributed by atoms with Crippen molar-refractivity contribution in [2.45, 2.75) is 32.6 Å². The van der Waals surface area contributed by atoms with Crippen molar-refractivity contribution in [3.63, 3.8) is 0 Å². The Hall–Kier alpha value is -3.46. The number of hydrogen-bond acceptors (Lipinski definition) is 6. The van der Waals surface area contributed by atoms with E-state index in [1.807, 2.05) is 36.9 Å². The number of aryl methyl sites for hydroxylation is 2. The van der Waals surface area contributed by atoms with Gasteiger partial charge in [0.1, 0.15) is 10.8 Å². The van der Waals surface area contributed by atoms with E-state index < -0.39 is 0 Å². The number of aromatic nitrogens is 2. The Kier molecular flexibility index (Phi) is 6.88. The van der Waals surface area contributed by atoms with Crippen LogP contribution in [0.3, 0.4) is 0 Å². The van der Waals surface area contributed by atoms with E-state index in [9.17, 15) is 9.59 Å². The molecule has 33 heavy (non-hydrogen) atoms. The molecule has 4 rings (SSSR count). The Morgan fingerprint density at radius 3 is 2.61 bits per heavy atom. The van der Waals surface area contributed by atoms with Gasteiger partial charge in [-0.25, -0.2) is 4.79 Å². The molecule has 2 heterocycles. The maximum atomic E-state index is 12.9. The first-order valence-corrected chi connectivity index (χ1v) is 11.7. The Labute approximate surface area is 197 Å². The second-order valence-electron chi connectivity index (χ2n) is 8.16. The van der Waals surface area contributed by atoms with Crippen molar-refractivity contribution < 1.29 is 14.3 Å². The average Bonchev–Trinajstić information content (AvgIpc) is 3.32. The zero-order chi connectivity index (χ0) is 23.4. The lowest BCUT2D eigenvalue weighted by Crippen LogP contribution is -2.41. The Bertz CT molecular complexity index is 1150. The molecule has 1 atom stereocenters. The molecule has 1 saturated heterocycles. The summed E-state index contributed by atoms with van der Waals surface area (Å²) in [5.41, 5.74) is 3.67. The molecule has 8 nitrogen and oxygen atoms in total. The topological polar surface area (TPSA) is 96.4 Å². The predicted octanol–water partition coefficient (Wildman–Crippen LogP) is 4.83. The number of carbonyl (C=O) groups excluding carboxylic acids is 2. The van der Waals surface area contributed by atoms with E-state index in [1.165, 1.54) is 11.3 Å². The highest BCUT2D eigenvalue weighted by Gasteiger charge is 2.28. The summed E-state index contributed by atoms with van der Waals surface area (Å²) in [4.78, 5) is 27.3. The molecule has 3 amide bonds. The zero-order valence-electron chi connectivity index (χ0n) is 18.9. The zero-order valence-corrected chi connectivity index (χ0v) is 19.7. The minimum Gasteiger partial charge on any atom is -0.497 e. The molecule has 9 heteroatoms. The van der Waals surface area contributed by atoms with Crippen LogP contribution < -0.4 is 15.4 Å². The quantitative estimate of drug-likeness (QED) is 0.563. The fourth-order valence-electron chi connectivity index (χ4n) is 3.86. The van der Waals surface area contributed by atoms with Crippen molar-refractivity contribution in [3.05, 3.63) is 63.6 Å². The number of nitrogens with one attached hydrogen (secondary N) is 2. The fraction of sp³-hybridized carbons (Fsp3) is 0.333. The number of carbonyl (C=O) groups is 2. The van der Waals surface area contributed by atoms with Crippen LogP contribution in [0.25, 0.3) is 0 Å². The van der Waals surface area contributed by atoms with Gasteiger partial charge in [0, 0.05) is 30.4 Å². The number of ether oxygens (including phenoxy) is 1. The Morgan fingerprint density at radius 2 is 1.88 bits per heavy atom. The van der Waals surface area contributed by atoms with Gasteiger partial charge in [-0.05, 0) is 62.6 Å². The molecular formula is C24H27N5O3S. The summed E-state index contributed by atoms with van der Waals surface area (Å²) < 4.78 is 5.13. The van der Waals surface area contributed by atoms with Gasteiger partial charge in [0.05, 0.1) is 7.11 Å². The number of anilines is 2. The second-order valence-corrected chi connectivity index (χ2v) is 9.17. The van der Waals surface area contributed by atoms with Crippen LogP contribution in [0.4, 0.5) is 16.2 Å². The molecular weight excluding hydrogens is 438 g/mol. The molecule has 3 aromatic rings. The van der Waals surface area contributed by atoms with Crippen molar-refractivity contribution >= 4 is 34.6 Å². The van der Waals surface area contributed by atoms with Crippen molar-refractivity contribution in [3.8, 4) is 5.75 Å². The van der Waals surface area contributed by atoms with Crippen molar-refractivity contribution in [2.75, 3.05) is 30.8 Å². The lowest BCUT2D eigenvalue weighted by molar-refractivity contribution is 0.102. The molecule has 0 radical (unpaired) electrons. The smallest absolute Gasteiger partial charge is 0.321 e. The number of urea groups is 1. The van der Waals surface area contributed by atoms with Crippen LogP contribution in [0, 0.1) is 13.8 Å². The van der Waals surface area contributed by atoms with E-state index in [-0.39, 0.29) is 17.9 Å². The maximum absolute atomic E-state index is 12.9. The molecule has 2 N–H and O–H groups in total. The van der Waals surface area contributed by atoms with E-state index in [1.54, 1.807) is 31.4 Å². The third-order valence-corrected chi connectivity index (χ3v) is 6.75. The van der Waals surface area contributed by atoms with E-state index in [4.69, 9.17) is 4.74 Å². The number of piperidine rings is 1. The highest BCUT2D eigenvalue weighted by atomic mass is 32.1. The lowest BCUT2D eigenvalue weighted by Gasteiger charge is -2.31. The normalized spacial score (nSPS) is 15.7. The van der Waals surface area contributed by atoms with E-state index >= 15 is 0 Å². The number of methoxy groups -OCH3 is 1. The van der Waals surface area contributed by atoms with Crippen LogP contribution in [-0.4, -0.2) is 47.2 Å². The summed E-state index contributed by atoms with van der Waals surface area (Å²) in [5, 5.41) is 15.3. The fourth-order valence-corrected chi connectivity index (χ4v) is 4.73. The van der Waals surface area contributed by atoms with Gasteiger partial charge in [0.15, 0.2) is 0 Å². The summed E-state index contributed by atoms with van der Waals surface area (Å²) in [5.74, 6) is 0.474. The third kappa shape index (κ3) is 5.48. The van der Waals surface area contributed by atoms with Crippen molar-refractivity contribution in [1.82, 2.24) is 15.1 Å². The first-order valence-electron chi connectivity index (χ1n) is 10.8. The number of amides is 3. The Morgan fingerprint density at radius 1 is 1.09 bits per heavy atom. The third-order valence-electron chi connectivity index (χ3n) is 5.66. The molecule has 1 aliphatic rings. The molecule has 1 aromatic heterocycles. The van der Waals surface area contributed by atoms with Crippen molar-refractivity contribution in [2.24, 2.45) is 0 Å². The van der Waals surface area contributed by atoms with Gasteiger partial charge < -0.3 is 20.3 Å². The van der Waals surface area contributed by atoms with Crippen LogP contribution in [0.5, 0.6) is 5.75 Å². The summed E-state index contributed by atoms with van der Waals surface area (Å²) >= 11 is 1.28. The molecule has 172 valence electrons. The van der Waals surface area contributed by atoms with Gasteiger partial charge in [0.25, 0.3) is 5.91 Å². The van der Waals surface area contributed by atoms with Crippen LogP contribution in [0.1, 0.15) is 44.7 Å². The number of benzene rings is 2. The lowest BCUT2D eigenvalue weighted by atomic mass is 9.99. The number of likely N-dealkylation sites (tertiary alicyclic amines) is 1. The van der Waals surface area contributed by atoms with Crippen LogP contribution in [-0.2, 0) is 0 Å². The molecule has 2 aromatic carbocycles. The minimum absolute atomic E-state index is 0.0589. The SMILES string of the molecule is COc1ccc(NC(=O)c2nnc([C@@H]3CCCN(C(=O)Nc4ccc(C)cc4C)C3)s2)cc1. The largest absolute Gasteiger partial charge is 0.497 e. The van der Waals surface area contributed by atoms with E-state index in [2.05, 4.69) is 20.8 Å². The molecule has 0 unspecified atom stereocenters. The molecule has 0 spiro atoms. The van der Waals surface area contributed by atoms with Crippen LogP contribution in [0.15, 0.2) is 42.5 Å². The standard InChI is InChI=1S/C24H27N5O3S/c1-15-6-11-20(16(2)13-15)26-24(31)29-12-4-5-17(14-29)22-27-28-23(33-22)21(30)25-18-7-9-19(32-3)10-8-18/h6-11,13,17H,4-5,12,14H2,1-3H3,(H,25,30)(H,26,31)/t17-/m1/s1. The predicted molar refractivity (Wildman–Crippen MR) is 129 cm³/mol. The highest BCUT2D eigenvalue weighted by Crippen LogP contribution is 2.30. The van der Waals surface area contributed by atoms with Crippen LogP contribution >= 0.6 is 11.3 Å². The highest BCUT2D eigenvalue weighted by molar-refractivity contribution is 7.13. The number of hydrogen-bond donors (Lipinski definition) is 2. The van der Waals surface area contributed by atoms with Gasteiger partial charge in [0.2, 0.25) is 5.01 Å². The first-order chi connectivity index (χ1) is 15.9. The van der Waals surface area contributed by atoms with Gasteiger partial charge in [-0.2, -0.15) is 0 Å². The van der Waals surface area contributed by atoms with E-state index in [0.717, 1.165) is 40.4 Å². The summed E-state index contributed by atoms with van der Waals surface area (Å²) in [6, 6.07) is 13.0. The van der Waals surface area contributed by atoms with Crippen molar-refractivity contribution in [1.29, 1.82) is 0 Å². The summed E-state index contributed by atoms with van der Waals surface area (Å²) in [6.07, 6.45) is 1.78. The summed E-state index contributed by atoms with van der Waals surface area (Å²) in [6.45, 7) is 5.26. The maximum Gasteiger partial charge on any atom is 0.321 e. The van der Waals surface area contributed by atoms with Crippen LogP contribution in [0.2, 0.25) is 0 Å². The monoisotopic (exact) mass is 465 g/mol. The molecule has 1 fully saturated rings. The van der Waals surface area contributed by atoms with E-state index in [0.29, 0.717) is 23.8 Å². The minimum atomic E-state index is -0.302. The number of rotatable bonds is 5. The second kappa shape index (κ2) is 9.99. The summed E-state index contributed by atoms with van der Waals surface area (Å²) in [7, 11) is 1.59. The molecule has 1 aliphatic heterocycles. The molecule has 0 aliphatic carbocycles. The average molecular weight is 466 g/mol. The molecule has 0 bridgehead atoms. The van der Waals surface area contributed by atoms with Gasteiger partial charge in [-0.1, -0.05) is 29.0 Å².